The lowest BCUT2D eigenvalue weighted by atomic mass is 10.1. The van der Waals surface area contributed by atoms with Crippen LogP contribution < -0.4 is 40.4 Å². The summed E-state index contributed by atoms with van der Waals surface area (Å²) in [6.45, 7) is 9.15. The zero-order valence-electron chi connectivity index (χ0n) is 19.5. The molecular formula is C25H29Cl2N3O3S. The number of aromatic nitrogens is 1. The van der Waals surface area contributed by atoms with Crippen molar-refractivity contribution in [3.8, 4) is 5.75 Å². The number of pyridine rings is 1. The third-order valence-electron chi connectivity index (χ3n) is 5.23. The van der Waals surface area contributed by atoms with Crippen molar-refractivity contribution in [1.82, 2.24) is 0 Å². The van der Waals surface area contributed by atoms with Crippen LogP contribution in [0.3, 0.4) is 0 Å². The van der Waals surface area contributed by atoms with Crippen molar-refractivity contribution in [2.24, 2.45) is 0 Å². The number of aromatic amines is 1. The zero-order chi connectivity index (χ0) is 22.9. The number of hydrogen-bond acceptors (Lipinski definition) is 5. The molecule has 182 valence electrons. The van der Waals surface area contributed by atoms with Gasteiger partial charge in [0.05, 0.1) is 23.2 Å². The number of hydrogen-bond donors (Lipinski definition) is 3. The van der Waals surface area contributed by atoms with Crippen molar-refractivity contribution in [2.45, 2.75) is 39.8 Å². The molecule has 0 aliphatic rings. The van der Waals surface area contributed by atoms with Crippen molar-refractivity contribution in [1.29, 1.82) is 0 Å². The predicted molar refractivity (Wildman–Crippen MR) is 129 cm³/mol. The highest BCUT2D eigenvalue weighted by Crippen LogP contribution is 2.39. The van der Waals surface area contributed by atoms with Crippen LogP contribution in [0.2, 0.25) is 0 Å². The van der Waals surface area contributed by atoms with E-state index in [2.05, 4.69) is 48.5 Å². The van der Waals surface area contributed by atoms with Gasteiger partial charge in [-0.25, -0.2) is 9.78 Å². The number of aromatic hydroxyl groups is 1. The fraction of sp³-hybridized carbons (Fsp3) is 0.280. The number of rotatable bonds is 6. The van der Waals surface area contributed by atoms with Gasteiger partial charge in [-0.15, -0.1) is 11.3 Å². The van der Waals surface area contributed by atoms with Crippen LogP contribution >= 0.6 is 11.3 Å². The number of halogens is 2. The Kier molecular flexibility index (Phi) is 9.14. The number of ether oxygens (including phenoxy) is 1. The van der Waals surface area contributed by atoms with Gasteiger partial charge in [0.25, 0.3) is 0 Å². The molecule has 0 unspecified atom stereocenters. The van der Waals surface area contributed by atoms with Gasteiger partial charge in [0.2, 0.25) is 5.52 Å². The minimum atomic E-state index is -0.384. The Morgan fingerprint density at radius 1 is 1.18 bits per heavy atom. The summed E-state index contributed by atoms with van der Waals surface area (Å²) in [6.07, 6.45) is 1.70. The maximum absolute atomic E-state index is 12.7. The molecule has 0 fully saturated rings. The van der Waals surface area contributed by atoms with Crippen LogP contribution in [-0.4, -0.2) is 23.2 Å². The van der Waals surface area contributed by atoms with Crippen LogP contribution in [0.4, 0.5) is 11.4 Å². The summed E-state index contributed by atoms with van der Waals surface area (Å²) in [5.74, 6) is -0.124. The average molecular weight is 522 g/mol. The first-order valence-electron chi connectivity index (χ1n) is 10.7. The van der Waals surface area contributed by atoms with Crippen molar-refractivity contribution < 1.29 is 49.8 Å². The Labute approximate surface area is 215 Å². The molecule has 0 aliphatic carbocycles. The van der Waals surface area contributed by atoms with Crippen LogP contribution in [0, 0.1) is 0 Å². The second kappa shape index (κ2) is 11.2. The van der Waals surface area contributed by atoms with E-state index in [1.54, 1.807) is 30.5 Å². The molecule has 0 bridgehead atoms. The normalized spacial score (nSPS) is 11.1. The van der Waals surface area contributed by atoms with Gasteiger partial charge in [0.1, 0.15) is 22.6 Å². The molecule has 4 rings (SSSR count). The number of quaternary nitrogens is 1. The van der Waals surface area contributed by atoms with Crippen LogP contribution in [0.5, 0.6) is 5.75 Å². The number of thiophene rings is 1. The zero-order valence-corrected chi connectivity index (χ0v) is 21.9. The minimum Gasteiger partial charge on any atom is -1.00 e. The number of fused-ring (bicyclic) bond motifs is 3. The number of phenols is 1. The van der Waals surface area contributed by atoms with Crippen LogP contribution in [0.15, 0.2) is 48.7 Å². The molecule has 0 atom stereocenters. The summed E-state index contributed by atoms with van der Waals surface area (Å²) in [6, 6.07) is 13.6. The summed E-state index contributed by atoms with van der Waals surface area (Å²) < 4.78 is 7.39. The summed E-state index contributed by atoms with van der Waals surface area (Å²) in [4.78, 5) is 16.0. The van der Waals surface area contributed by atoms with E-state index in [4.69, 9.17) is 4.74 Å². The molecule has 0 saturated heterocycles. The van der Waals surface area contributed by atoms with Gasteiger partial charge < -0.3 is 45.3 Å². The molecule has 34 heavy (non-hydrogen) atoms. The van der Waals surface area contributed by atoms with Gasteiger partial charge in [-0.05, 0) is 58.0 Å². The highest BCUT2D eigenvalue weighted by molar-refractivity contribution is 7.26. The molecule has 2 aromatic carbocycles. The van der Waals surface area contributed by atoms with Gasteiger partial charge in [-0.1, -0.05) is 12.1 Å². The van der Waals surface area contributed by atoms with Gasteiger partial charge >= 0.3 is 5.97 Å². The Morgan fingerprint density at radius 3 is 2.62 bits per heavy atom. The smallest absolute Gasteiger partial charge is 0.346 e. The molecule has 4 aromatic rings. The van der Waals surface area contributed by atoms with Crippen LogP contribution in [0.1, 0.15) is 43.6 Å². The number of benzene rings is 2. The monoisotopic (exact) mass is 521 g/mol. The standard InChI is InChI=1S/C25H27N3O3S.2ClH/c1-5-31-24(30)18-14-26-21-17-8-6-7-9-20(17)32-23(21)22(18)28-16-10-11-19(29)15(12-16)13-27-25(2,3)4;;/h6-12,14,27,29H,5,13H2,1-4H3,(H,26,28);2*1H. The summed E-state index contributed by atoms with van der Waals surface area (Å²) in [7, 11) is 0. The van der Waals surface area contributed by atoms with Crippen LogP contribution in [0.25, 0.3) is 20.3 Å². The lowest BCUT2D eigenvalue weighted by Crippen LogP contribution is -3.00. The lowest BCUT2D eigenvalue weighted by molar-refractivity contribution is -0.731. The summed E-state index contributed by atoms with van der Waals surface area (Å²) in [5.41, 5.74) is 3.80. The maximum Gasteiger partial charge on any atom is 0.346 e. The van der Waals surface area contributed by atoms with E-state index in [-0.39, 0.29) is 42.1 Å². The predicted octanol–water partition coefficient (Wildman–Crippen LogP) is -1.64. The third-order valence-corrected chi connectivity index (χ3v) is 6.42. The van der Waals surface area contributed by atoms with Gasteiger partial charge in [-0.3, -0.25) is 0 Å². The van der Waals surface area contributed by atoms with Crippen molar-refractivity contribution in [2.75, 3.05) is 11.9 Å². The second-order valence-corrected chi connectivity index (χ2v) is 9.90. The number of esters is 1. The number of carbonyl (C=O) groups is 1. The number of nitrogens with one attached hydrogen (secondary N) is 2. The molecule has 0 amide bonds. The Bertz CT molecular complexity index is 1300. The highest BCUT2D eigenvalue weighted by Gasteiger charge is 2.24. The van der Waals surface area contributed by atoms with E-state index < -0.39 is 0 Å². The Balaban J connectivity index is 0.00000204. The van der Waals surface area contributed by atoms with Crippen LogP contribution in [-0.2, 0) is 11.3 Å². The van der Waals surface area contributed by atoms with E-state index in [1.165, 1.54) is 0 Å². The largest absolute Gasteiger partial charge is 1.00 e. The molecule has 0 aliphatic heterocycles. The molecular weight excluding hydrogens is 493 g/mol. The first-order valence-corrected chi connectivity index (χ1v) is 11.5. The topological polar surface area (TPSA) is 89.3 Å². The third kappa shape index (κ3) is 5.91. The Hall–Kier alpha value is -2.58. The molecule has 0 radical (unpaired) electrons. The fourth-order valence-corrected chi connectivity index (χ4v) is 4.77. The van der Waals surface area contributed by atoms with Gasteiger partial charge in [0.15, 0.2) is 6.20 Å². The minimum absolute atomic E-state index is 0. The summed E-state index contributed by atoms with van der Waals surface area (Å²) in [5, 5.41) is 17.1. The maximum atomic E-state index is 12.7. The van der Waals surface area contributed by atoms with E-state index in [0.29, 0.717) is 24.4 Å². The van der Waals surface area contributed by atoms with E-state index in [9.17, 15) is 9.90 Å². The van der Waals surface area contributed by atoms with Crippen molar-refractivity contribution in [3.63, 3.8) is 0 Å². The van der Waals surface area contributed by atoms with E-state index in [1.807, 2.05) is 24.3 Å². The van der Waals surface area contributed by atoms with E-state index >= 15 is 0 Å². The molecule has 2 aromatic heterocycles. The molecule has 9 heteroatoms. The van der Waals surface area contributed by atoms with Gasteiger partial charge in [-0.2, -0.15) is 0 Å². The fourth-order valence-electron chi connectivity index (χ4n) is 3.58. The molecule has 2 heterocycles. The average Bonchev–Trinajstić information content (AvgIpc) is 3.13. The number of nitrogens with two attached hydrogens (primary N) is 1. The Morgan fingerprint density at radius 2 is 1.91 bits per heavy atom. The molecule has 5 N–H and O–H groups in total. The molecule has 6 nitrogen and oxygen atoms in total. The number of anilines is 2. The SMILES string of the molecule is CCOC(=O)c1c[nH+]c2c(sc3ccccc32)c1Nc1ccc(O)c(C[NH2+]C(C)(C)C)c1.[Cl-].[Cl-]. The first kappa shape index (κ1) is 27.7. The number of H-pyrrole nitrogens is 1. The number of carbonyl (C=O) groups excluding carboxylic acids is 1. The van der Waals surface area contributed by atoms with E-state index in [0.717, 1.165) is 31.6 Å². The second-order valence-electron chi connectivity index (χ2n) is 8.84. The lowest BCUT2D eigenvalue weighted by Gasteiger charge is -2.18. The summed E-state index contributed by atoms with van der Waals surface area (Å²) >= 11 is 1.62. The molecule has 0 spiro atoms. The first-order chi connectivity index (χ1) is 15.3. The number of phenolic OH excluding ortho intramolecular Hbond substituents is 1. The van der Waals surface area contributed by atoms with Crippen molar-refractivity contribution >= 4 is 49.0 Å². The quantitative estimate of drug-likeness (QED) is 0.210. The highest BCUT2D eigenvalue weighted by atomic mass is 35.5. The van der Waals surface area contributed by atoms with Gasteiger partial charge in [0, 0.05) is 16.0 Å². The van der Waals surface area contributed by atoms with Crippen molar-refractivity contribution in [3.05, 3.63) is 59.8 Å². The molecule has 0 saturated carbocycles.